The molecule has 142 valence electrons. The first kappa shape index (κ1) is 20.0. The van der Waals surface area contributed by atoms with E-state index in [1.165, 1.54) is 19.2 Å². The molecule has 1 unspecified atom stereocenters. The normalized spacial score (nSPS) is 18.5. The molecule has 1 amide bonds. The van der Waals surface area contributed by atoms with Crippen LogP contribution in [0.4, 0.5) is 13.2 Å². The highest BCUT2D eigenvalue weighted by molar-refractivity contribution is 5.95. The Morgan fingerprint density at radius 2 is 1.85 bits per heavy atom. The molecule has 0 bridgehead atoms. The second kappa shape index (κ2) is 7.51. The van der Waals surface area contributed by atoms with Crippen molar-refractivity contribution in [2.24, 2.45) is 5.92 Å². The van der Waals surface area contributed by atoms with E-state index in [-0.39, 0.29) is 18.2 Å². The summed E-state index contributed by atoms with van der Waals surface area (Å²) in [7, 11) is 1.25. The van der Waals surface area contributed by atoms with Crippen molar-refractivity contribution in [2.45, 2.75) is 39.3 Å². The van der Waals surface area contributed by atoms with Crippen LogP contribution in [0.1, 0.15) is 44.2 Å². The summed E-state index contributed by atoms with van der Waals surface area (Å²) in [6.45, 7) is 6.05. The Morgan fingerprint density at radius 3 is 2.31 bits per heavy atom. The highest BCUT2D eigenvalue weighted by Crippen LogP contribution is 2.38. The van der Waals surface area contributed by atoms with Gasteiger partial charge in [0.05, 0.1) is 18.2 Å². The molecule has 1 aromatic carbocycles. The van der Waals surface area contributed by atoms with Gasteiger partial charge in [0.2, 0.25) is 5.91 Å². The van der Waals surface area contributed by atoms with Crippen LogP contribution in [0.3, 0.4) is 0 Å². The smallest absolute Gasteiger partial charge is 0.416 e. The van der Waals surface area contributed by atoms with Crippen LogP contribution in [-0.4, -0.2) is 30.4 Å². The van der Waals surface area contributed by atoms with Gasteiger partial charge in [-0.2, -0.15) is 13.2 Å². The zero-order valence-electron chi connectivity index (χ0n) is 15.2. The van der Waals surface area contributed by atoms with Crippen LogP contribution in [0, 0.1) is 5.92 Å². The predicted octanol–water partition coefficient (Wildman–Crippen LogP) is 4.12. The first-order valence-corrected chi connectivity index (χ1v) is 8.32. The molecule has 1 aliphatic rings. The number of rotatable bonds is 4. The zero-order chi connectivity index (χ0) is 19.6. The van der Waals surface area contributed by atoms with Crippen molar-refractivity contribution < 1.29 is 27.5 Å². The van der Waals surface area contributed by atoms with Gasteiger partial charge in [-0.15, -0.1) is 0 Å². The van der Waals surface area contributed by atoms with Crippen molar-refractivity contribution in [3.8, 4) is 0 Å². The van der Waals surface area contributed by atoms with E-state index in [1.54, 1.807) is 11.8 Å². The first-order valence-electron chi connectivity index (χ1n) is 8.32. The van der Waals surface area contributed by atoms with E-state index < -0.39 is 23.6 Å². The van der Waals surface area contributed by atoms with Crippen LogP contribution in [0.15, 0.2) is 35.5 Å². The lowest BCUT2D eigenvalue weighted by Gasteiger charge is -2.35. The van der Waals surface area contributed by atoms with Crippen LogP contribution in [0.5, 0.6) is 0 Å². The van der Waals surface area contributed by atoms with E-state index in [0.717, 1.165) is 12.1 Å². The Bertz CT molecular complexity index is 721. The van der Waals surface area contributed by atoms with Crippen molar-refractivity contribution in [1.82, 2.24) is 4.90 Å². The quantitative estimate of drug-likeness (QED) is 0.750. The lowest BCUT2D eigenvalue weighted by atomic mass is 9.83. The lowest BCUT2D eigenvalue weighted by Crippen LogP contribution is -2.40. The van der Waals surface area contributed by atoms with E-state index in [0.29, 0.717) is 23.4 Å². The summed E-state index contributed by atoms with van der Waals surface area (Å²) in [6.07, 6.45) is -4.42. The number of hydrogen-bond acceptors (Lipinski definition) is 3. The number of hydrogen-bond donors (Lipinski definition) is 0. The van der Waals surface area contributed by atoms with Gasteiger partial charge in [-0.25, -0.2) is 4.79 Å². The minimum Gasteiger partial charge on any atom is -0.466 e. The minimum atomic E-state index is -4.44. The standard InChI is InChI=1S/C19H22F3NO3/c1-11(2)10-23-12(3)17(18(25)26-4)15(9-16(23)24)13-5-7-14(8-6-13)19(20,21)22/h5-8,11,15H,9-10H2,1-4H3. The number of amides is 1. The molecule has 1 aliphatic heterocycles. The zero-order valence-corrected chi connectivity index (χ0v) is 15.2. The molecule has 2 rings (SSSR count). The fourth-order valence-corrected chi connectivity index (χ4v) is 3.16. The topological polar surface area (TPSA) is 46.6 Å². The van der Waals surface area contributed by atoms with Crippen molar-refractivity contribution in [3.63, 3.8) is 0 Å². The largest absolute Gasteiger partial charge is 0.466 e. The maximum atomic E-state index is 12.8. The van der Waals surface area contributed by atoms with Gasteiger partial charge in [-0.1, -0.05) is 26.0 Å². The Labute approximate surface area is 150 Å². The third-order valence-electron chi connectivity index (χ3n) is 4.42. The monoisotopic (exact) mass is 369 g/mol. The van der Waals surface area contributed by atoms with Crippen LogP contribution < -0.4 is 0 Å². The Balaban J connectivity index is 2.48. The average molecular weight is 369 g/mol. The number of ether oxygens (including phenoxy) is 1. The highest BCUT2D eigenvalue weighted by atomic mass is 19.4. The van der Waals surface area contributed by atoms with Gasteiger partial charge in [0.1, 0.15) is 0 Å². The number of esters is 1. The molecular formula is C19H22F3NO3. The van der Waals surface area contributed by atoms with Crippen LogP contribution in [0.25, 0.3) is 0 Å². The maximum Gasteiger partial charge on any atom is 0.416 e. The molecule has 0 saturated carbocycles. The van der Waals surface area contributed by atoms with Crippen molar-refractivity contribution in [2.75, 3.05) is 13.7 Å². The van der Waals surface area contributed by atoms with Crippen LogP contribution >= 0.6 is 0 Å². The molecule has 1 atom stereocenters. The van der Waals surface area contributed by atoms with Gasteiger partial charge in [-0.3, -0.25) is 4.79 Å². The number of carbonyl (C=O) groups excluding carboxylic acids is 2. The fourth-order valence-electron chi connectivity index (χ4n) is 3.16. The van der Waals surface area contributed by atoms with E-state index in [2.05, 4.69) is 0 Å². The Hall–Kier alpha value is -2.31. The van der Waals surface area contributed by atoms with Crippen molar-refractivity contribution >= 4 is 11.9 Å². The third-order valence-corrected chi connectivity index (χ3v) is 4.42. The Morgan fingerprint density at radius 1 is 1.27 bits per heavy atom. The summed E-state index contributed by atoms with van der Waals surface area (Å²) in [4.78, 5) is 26.4. The molecule has 0 aromatic heterocycles. The van der Waals surface area contributed by atoms with Gasteiger partial charge in [-0.05, 0) is 30.5 Å². The summed E-state index contributed by atoms with van der Waals surface area (Å²) in [5.41, 5.74) is 0.514. The molecule has 7 heteroatoms. The number of nitrogens with zero attached hydrogens (tertiary/aromatic N) is 1. The molecular weight excluding hydrogens is 347 g/mol. The number of alkyl halides is 3. The molecule has 26 heavy (non-hydrogen) atoms. The summed E-state index contributed by atoms with van der Waals surface area (Å²) < 4.78 is 43.2. The van der Waals surface area contributed by atoms with Crippen LogP contribution in [0.2, 0.25) is 0 Å². The molecule has 1 heterocycles. The average Bonchev–Trinajstić information content (AvgIpc) is 2.56. The van der Waals surface area contributed by atoms with E-state index in [1.807, 2.05) is 13.8 Å². The molecule has 0 saturated heterocycles. The summed E-state index contributed by atoms with van der Waals surface area (Å²) >= 11 is 0. The van der Waals surface area contributed by atoms with Crippen LogP contribution in [-0.2, 0) is 20.5 Å². The first-order chi connectivity index (χ1) is 12.1. The summed E-state index contributed by atoms with van der Waals surface area (Å²) in [5.74, 6) is -1.15. The van der Waals surface area contributed by atoms with Crippen molar-refractivity contribution in [1.29, 1.82) is 0 Å². The molecule has 0 fully saturated rings. The van der Waals surface area contributed by atoms with E-state index >= 15 is 0 Å². The second-order valence-electron chi connectivity index (χ2n) is 6.77. The summed E-state index contributed by atoms with van der Waals surface area (Å²) in [5, 5.41) is 0. The molecule has 0 radical (unpaired) electrons. The minimum absolute atomic E-state index is 0.0137. The molecule has 1 aromatic rings. The van der Waals surface area contributed by atoms with Gasteiger partial charge in [0.15, 0.2) is 0 Å². The van der Waals surface area contributed by atoms with Gasteiger partial charge < -0.3 is 9.64 Å². The fraction of sp³-hybridized carbons (Fsp3) is 0.474. The molecule has 0 aliphatic carbocycles. The number of carbonyl (C=O) groups is 2. The molecule has 0 spiro atoms. The maximum absolute atomic E-state index is 12.8. The van der Waals surface area contributed by atoms with Gasteiger partial charge in [0.25, 0.3) is 0 Å². The molecule has 4 nitrogen and oxygen atoms in total. The number of methoxy groups -OCH3 is 1. The number of halogens is 3. The lowest BCUT2D eigenvalue weighted by molar-refractivity contribution is -0.139. The number of allylic oxidation sites excluding steroid dienone is 1. The van der Waals surface area contributed by atoms with Gasteiger partial charge in [0, 0.05) is 24.6 Å². The predicted molar refractivity (Wildman–Crippen MR) is 90.1 cm³/mol. The second-order valence-corrected chi connectivity index (χ2v) is 6.77. The number of benzene rings is 1. The summed E-state index contributed by atoms with van der Waals surface area (Å²) in [6, 6.07) is 4.55. The SMILES string of the molecule is COC(=O)C1=C(C)N(CC(C)C)C(=O)CC1c1ccc(C(F)(F)F)cc1. The van der Waals surface area contributed by atoms with Gasteiger partial charge >= 0.3 is 12.1 Å². The van der Waals surface area contributed by atoms with E-state index in [9.17, 15) is 22.8 Å². The van der Waals surface area contributed by atoms with E-state index in [4.69, 9.17) is 4.74 Å². The third kappa shape index (κ3) is 4.08. The highest BCUT2D eigenvalue weighted by Gasteiger charge is 2.37. The molecule has 0 N–H and O–H groups in total. The Kier molecular flexibility index (Phi) is 5.78. The van der Waals surface area contributed by atoms with Crippen molar-refractivity contribution in [3.05, 3.63) is 46.7 Å².